The van der Waals surface area contributed by atoms with E-state index in [9.17, 15) is 4.79 Å². The van der Waals surface area contributed by atoms with Crippen molar-refractivity contribution in [3.8, 4) is 11.4 Å². The van der Waals surface area contributed by atoms with Crippen LogP contribution < -0.4 is 5.32 Å². The number of rotatable bonds is 5. The van der Waals surface area contributed by atoms with Gasteiger partial charge in [-0.1, -0.05) is 47.6 Å². The molecule has 3 aromatic rings. The molecule has 27 heavy (non-hydrogen) atoms. The third-order valence-corrected chi connectivity index (χ3v) is 4.78. The number of carbonyl (C=O) groups is 1. The van der Waals surface area contributed by atoms with Crippen molar-refractivity contribution in [2.75, 3.05) is 11.9 Å². The Morgan fingerprint density at radius 3 is 2.70 bits per heavy atom. The summed E-state index contributed by atoms with van der Waals surface area (Å²) in [5, 5.41) is 6.95. The molecule has 0 radical (unpaired) electrons. The molecule has 0 spiro atoms. The maximum absolute atomic E-state index is 11.1. The minimum Gasteiger partial charge on any atom is -0.337 e. The van der Waals surface area contributed by atoms with Crippen LogP contribution in [0.4, 0.5) is 5.69 Å². The van der Waals surface area contributed by atoms with Crippen molar-refractivity contribution in [2.45, 2.75) is 32.4 Å². The van der Waals surface area contributed by atoms with Crippen LogP contribution >= 0.6 is 0 Å². The number of nitrogens with one attached hydrogen (secondary N) is 1. The molecule has 0 saturated carbocycles. The van der Waals surface area contributed by atoms with E-state index in [-0.39, 0.29) is 11.9 Å². The zero-order chi connectivity index (χ0) is 18.6. The van der Waals surface area contributed by atoms with Crippen molar-refractivity contribution in [3.05, 3.63) is 66.1 Å². The van der Waals surface area contributed by atoms with Gasteiger partial charge in [0.1, 0.15) is 0 Å². The predicted octanol–water partition coefficient (Wildman–Crippen LogP) is 4.03. The molecule has 2 aromatic carbocycles. The number of benzene rings is 2. The molecule has 1 fully saturated rings. The Morgan fingerprint density at radius 2 is 1.96 bits per heavy atom. The van der Waals surface area contributed by atoms with E-state index >= 15 is 0 Å². The molecular formula is C21H22N4O2. The van der Waals surface area contributed by atoms with Gasteiger partial charge in [0.25, 0.3) is 0 Å². The molecule has 4 rings (SSSR count). The molecule has 1 aliphatic rings. The van der Waals surface area contributed by atoms with Crippen LogP contribution in [0.2, 0.25) is 0 Å². The lowest BCUT2D eigenvalue weighted by molar-refractivity contribution is -0.114. The fraction of sp³-hybridized carbons (Fsp3) is 0.286. The number of carbonyl (C=O) groups excluding carboxylic acids is 1. The first kappa shape index (κ1) is 17.4. The Bertz CT molecular complexity index is 905. The topological polar surface area (TPSA) is 71.3 Å². The van der Waals surface area contributed by atoms with Crippen molar-refractivity contribution < 1.29 is 9.32 Å². The fourth-order valence-electron chi connectivity index (χ4n) is 3.50. The first-order chi connectivity index (χ1) is 13.2. The molecular weight excluding hydrogens is 340 g/mol. The van der Waals surface area contributed by atoms with Crippen LogP contribution in [0.3, 0.4) is 0 Å². The van der Waals surface area contributed by atoms with Crippen molar-refractivity contribution in [3.63, 3.8) is 0 Å². The minimum atomic E-state index is -0.0621. The highest BCUT2D eigenvalue weighted by Crippen LogP contribution is 2.33. The standard InChI is InChI=1S/C21H22N4O2/c1-15(26)22-18-11-9-16(10-12-18)14-25-13-5-8-19(25)21-23-20(24-27-21)17-6-3-2-4-7-17/h2-4,6-7,9-12,19H,5,8,13-14H2,1H3,(H,22,26). The van der Waals surface area contributed by atoms with Gasteiger partial charge in [0.15, 0.2) is 0 Å². The Labute approximate surface area is 158 Å². The lowest BCUT2D eigenvalue weighted by Gasteiger charge is -2.21. The number of anilines is 1. The average molecular weight is 362 g/mol. The van der Waals surface area contributed by atoms with E-state index < -0.39 is 0 Å². The smallest absolute Gasteiger partial charge is 0.244 e. The van der Waals surface area contributed by atoms with Gasteiger partial charge in [-0.25, -0.2) is 0 Å². The molecule has 0 bridgehead atoms. The van der Waals surface area contributed by atoms with Crippen molar-refractivity contribution >= 4 is 11.6 Å². The van der Waals surface area contributed by atoms with Crippen molar-refractivity contribution in [2.24, 2.45) is 0 Å². The van der Waals surface area contributed by atoms with Gasteiger partial charge in [0.05, 0.1) is 6.04 Å². The van der Waals surface area contributed by atoms with Gasteiger partial charge in [-0.3, -0.25) is 9.69 Å². The van der Waals surface area contributed by atoms with Crippen LogP contribution in [0, 0.1) is 0 Å². The highest BCUT2D eigenvalue weighted by molar-refractivity contribution is 5.88. The molecule has 2 heterocycles. The predicted molar refractivity (Wildman–Crippen MR) is 103 cm³/mol. The number of aromatic nitrogens is 2. The van der Waals surface area contributed by atoms with Gasteiger partial charge in [-0.05, 0) is 37.1 Å². The summed E-state index contributed by atoms with van der Waals surface area (Å²) in [5.74, 6) is 1.26. The van der Waals surface area contributed by atoms with Crippen LogP contribution in [0.5, 0.6) is 0 Å². The molecule has 138 valence electrons. The fourth-order valence-corrected chi connectivity index (χ4v) is 3.50. The zero-order valence-electron chi connectivity index (χ0n) is 15.3. The van der Waals surface area contributed by atoms with Gasteiger partial charge in [-0.2, -0.15) is 4.98 Å². The molecule has 1 saturated heterocycles. The molecule has 1 aromatic heterocycles. The van der Waals surface area contributed by atoms with E-state index in [1.54, 1.807) is 0 Å². The molecule has 1 N–H and O–H groups in total. The van der Waals surface area contributed by atoms with E-state index in [1.165, 1.54) is 12.5 Å². The first-order valence-corrected chi connectivity index (χ1v) is 9.18. The molecule has 0 aliphatic carbocycles. The van der Waals surface area contributed by atoms with Crippen LogP contribution in [0.1, 0.15) is 37.3 Å². The summed E-state index contributed by atoms with van der Waals surface area (Å²) in [5.41, 5.74) is 2.97. The molecule has 6 heteroatoms. The van der Waals surface area contributed by atoms with Gasteiger partial charge < -0.3 is 9.84 Å². The minimum absolute atomic E-state index is 0.0621. The van der Waals surface area contributed by atoms with E-state index in [4.69, 9.17) is 4.52 Å². The highest BCUT2D eigenvalue weighted by atomic mass is 16.5. The normalized spacial score (nSPS) is 17.1. The number of nitrogens with zero attached hydrogens (tertiary/aromatic N) is 3. The van der Waals surface area contributed by atoms with Crippen molar-refractivity contribution in [1.82, 2.24) is 15.0 Å². The SMILES string of the molecule is CC(=O)Nc1ccc(CN2CCCC2c2nc(-c3ccccc3)no2)cc1. The molecule has 1 atom stereocenters. The third kappa shape index (κ3) is 4.06. The zero-order valence-corrected chi connectivity index (χ0v) is 15.3. The monoisotopic (exact) mass is 362 g/mol. The van der Waals surface area contributed by atoms with Gasteiger partial charge in [0, 0.05) is 24.7 Å². The van der Waals surface area contributed by atoms with Gasteiger partial charge in [0.2, 0.25) is 17.6 Å². The molecule has 6 nitrogen and oxygen atoms in total. The van der Waals surface area contributed by atoms with E-state index in [1.807, 2.05) is 54.6 Å². The Balaban J connectivity index is 1.46. The average Bonchev–Trinajstić information content (AvgIpc) is 3.33. The summed E-state index contributed by atoms with van der Waals surface area (Å²) in [4.78, 5) is 18.1. The number of hydrogen-bond acceptors (Lipinski definition) is 5. The lowest BCUT2D eigenvalue weighted by atomic mass is 10.1. The quantitative estimate of drug-likeness (QED) is 0.742. The Kier molecular flexibility index (Phi) is 4.98. The van der Waals surface area contributed by atoms with Crippen LogP contribution in [0.25, 0.3) is 11.4 Å². The molecule has 1 amide bonds. The lowest BCUT2D eigenvalue weighted by Crippen LogP contribution is -2.23. The summed E-state index contributed by atoms with van der Waals surface area (Å²) in [7, 11) is 0. The second-order valence-corrected chi connectivity index (χ2v) is 6.83. The number of amides is 1. The maximum Gasteiger partial charge on any atom is 0.244 e. The highest BCUT2D eigenvalue weighted by Gasteiger charge is 2.30. The van der Waals surface area contributed by atoms with Gasteiger partial charge >= 0.3 is 0 Å². The van der Waals surface area contributed by atoms with Crippen LogP contribution in [-0.2, 0) is 11.3 Å². The Morgan fingerprint density at radius 1 is 1.19 bits per heavy atom. The third-order valence-electron chi connectivity index (χ3n) is 4.78. The van der Waals surface area contributed by atoms with Crippen LogP contribution in [0.15, 0.2) is 59.1 Å². The van der Waals surface area contributed by atoms with Gasteiger partial charge in [-0.15, -0.1) is 0 Å². The second kappa shape index (κ2) is 7.72. The second-order valence-electron chi connectivity index (χ2n) is 6.83. The maximum atomic E-state index is 11.1. The summed E-state index contributed by atoms with van der Waals surface area (Å²) < 4.78 is 5.58. The Hall–Kier alpha value is -2.99. The largest absolute Gasteiger partial charge is 0.337 e. The molecule has 1 unspecified atom stereocenters. The van der Waals surface area contributed by atoms with Crippen molar-refractivity contribution in [1.29, 1.82) is 0 Å². The number of hydrogen-bond donors (Lipinski definition) is 1. The summed E-state index contributed by atoms with van der Waals surface area (Å²) in [6.45, 7) is 3.33. The summed E-state index contributed by atoms with van der Waals surface area (Å²) in [6.07, 6.45) is 2.12. The molecule has 1 aliphatic heterocycles. The number of likely N-dealkylation sites (tertiary alicyclic amines) is 1. The van der Waals surface area contributed by atoms with E-state index in [2.05, 4.69) is 20.4 Å². The summed E-state index contributed by atoms with van der Waals surface area (Å²) in [6, 6.07) is 18.0. The first-order valence-electron chi connectivity index (χ1n) is 9.18. The summed E-state index contributed by atoms with van der Waals surface area (Å²) >= 11 is 0. The van der Waals surface area contributed by atoms with E-state index in [0.29, 0.717) is 11.7 Å². The van der Waals surface area contributed by atoms with E-state index in [0.717, 1.165) is 37.2 Å². The van der Waals surface area contributed by atoms with Crippen LogP contribution in [-0.4, -0.2) is 27.5 Å².